The highest BCUT2D eigenvalue weighted by atomic mass is 32.1. The molecule has 0 atom stereocenters. The summed E-state index contributed by atoms with van der Waals surface area (Å²) in [6.07, 6.45) is 3.69. The summed E-state index contributed by atoms with van der Waals surface area (Å²) < 4.78 is 10.7. The van der Waals surface area contributed by atoms with E-state index in [0.717, 1.165) is 40.1 Å². The van der Waals surface area contributed by atoms with Crippen LogP contribution in [0.2, 0.25) is 0 Å². The summed E-state index contributed by atoms with van der Waals surface area (Å²) in [6.45, 7) is 2.08. The lowest BCUT2D eigenvalue weighted by atomic mass is 10.1. The molecule has 1 amide bonds. The minimum absolute atomic E-state index is 0.144. The van der Waals surface area contributed by atoms with Gasteiger partial charge in [0.05, 0.1) is 19.8 Å². The average molecular weight is 331 g/mol. The maximum Gasteiger partial charge on any atom is 0.230 e. The molecule has 0 bridgehead atoms. The molecule has 0 aliphatic heterocycles. The van der Waals surface area contributed by atoms with Crippen LogP contribution >= 0.6 is 11.3 Å². The maximum atomic E-state index is 12.2. The Balaban J connectivity index is 1.72. The van der Waals surface area contributed by atoms with E-state index in [2.05, 4.69) is 22.4 Å². The topological polar surface area (TPSA) is 77.3 Å². The van der Waals surface area contributed by atoms with E-state index in [0.29, 0.717) is 5.13 Å². The van der Waals surface area contributed by atoms with E-state index < -0.39 is 0 Å². The minimum Gasteiger partial charge on any atom is -0.497 e. The third-order valence-electron chi connectivity index (χ3n) is 3.39. The van der Waals surface area contributed by atoms with E-state index in [1.165, 1.54) is 11.3 Å². The molecule has 0 saturated carbocycles. The van der Waals surface area contributed by atoms with Gasteiger partial charge in [-0.1, -0.05) is 18.3 Å². The summed E-state index contributed by atoms with van der Waals surface area (Å²) in [5.41, 5.74) is 1.55. The van der Waals surface area contributed by atoms with Crippen LogP contribution in [0.1, 0.15) is 23.9 Å². The molecule has 0 fully saturated rings. The van der Waals surface area contributed by atoms with Crippen LogP contribution in [0.4, 0.5) is 5.13 Å². The van der Waals surface area contributed by atoms with Gasteiger partial charge in [0, 0.05) is 17.4 Å². The molecule has 0 saturated heterocycles. The number of benzene rings is 1. The smallest absolute Gasteiger partial charge is 0.230 e. The number of anilines is 1. The third kappa shape index (κ3) is 3.50. The number of carbonyl (C=O) groups excluding carboxylic acids is 1. The summed E-state index contributed by atoms with van der Waals surface area (Å²) >= 11 is 1.41. The van der Waals surface area contributed by atoms with Crippen LogP contribution in [-0.2, 0) is 17.6 Å². The van der Waals surface area contributed by atoms with Gasteiger partial charge in [-0.15, -0.1) is 10.2 Å². The quantitative estimate of drug-likeness (QED) is 0.749. The van der Waals surface area contributed by atoms with Crippen molar-refractivity contribution in [1.82, 2.24) is 10.2 Å². The number of rotatable bonds is 6. The number of aryl methyl sites for hydroxylation is 1. The van der Waals surface area contributed by atoms with Crippen molar-refractivity contribution in [3.63, 3.8) is 0 Å². The van der Waals surface area contributed by atoms with E-state index in [4.69, 9.17) is 9.15 Å². The van der Waals surface area contributed by atoms with E-state index in [1.807, 2.05) is 18.2 Å². The second-order valence-corrected chi connectivity index (χ2v) is 6.16. The highest BCUT2D eigenvalue weighted by Crippen LogP contribution is 2.26. The monoisotopic (exact) mass is 331 g/mol. The second kappa shape index (κ2) is 6.78. The molecule has 0 aliphatic rings. The lowest BCUT2D eigenvalue weighted by molar-refractivity contribution is -0.115. The highest BCUT2D eigenvalue weighted by Gasteiger charge is 2.13. The molecule has 0 aliphatic carbocycles. The molecule has 120 valence electrons. The van der Waals surface area contributed by atoms with Crippen molar-refractivity contribution in [2.24, 2.45) is 0 Å². The molecule has 2 aromatic heterocycles. The molecule has 1 aromatic carbocycles. The van der Waals surface area contributed by atoms with Crippen LogP contribution < -0.4 is 10.1 Å². The Kier molecular flexibility index (Phi) is 4.57. The summed E-state index contributed by atoms with van der Waals surface area (Å²) in [7, 11) is 1.61. The van der Waals surface area contributed by atoms with E-state index in [9.17, 15) is 4.79 Å². The first kappa shape index (κ1) is 15.5. The number of hydrogen-bond donors (Lipinski definition) is 1. The SMILES string of the molecule is CCCc1nnc(NC(=O)Cc2coc3ccc(OC)cc23)s1. The average Bonchev–Trinajstić information content (AvgIpc) is 3.14. The maximum absolute atomic E-state index is 12.2. The Morgan fingerprint density at radius 1 is 1.39 bits per heavy atom. The normalized spacial score (nSPS) is 10.9. The fourth-order valence-corrected chi connectivity index (χ4v) is 3.14. The van der Waals surface area contributed by atoms with Gasteiger partial charge in [-0.05, 0) is 24.6 Å². The van der Waals surface area contributed by atoms with Crippen molar-refractivity contribution in [2.75, 3.05) is 12.4 Å². The summed E-state index contributed by atoms with van der Waals surface area (Å²) in [5, 5.41) is 13.2. The number of methoxy groups -OCH3 is 1. The molecule has 0 unspecified atom stereocenters. The molecule has 1 N–H and O–H groups in total. The molecule has 3 aromatic rings. The van der Waals surface area contributed by atoms with Crippen LogP contribution in [0.15, 0.2) is 28.9 Å². The van der Waals surface area contributed by atoms with Gasteiger partial charge >= 0.3 is 0 Å². The number of nitrogens with one attached hydrogen (secondary N) is 1. The first-order valence-corrected chi connectivity index (χ1v) is 8.17. The van der Waals surface area contributed by atoms with Gasteiger partial charge in [0.25, 0.3) is 0 Å². The van der Waals surface area contributed by atoms with Gasteiger partial charge in [0.2, 0.25) is 11.0 Å². The van der Waals surface area contributed by atoms with Gasteiger partial charge < -0.3 is 14.5 Å². The van der Waals surface area contributed by atoms with Gasteiger partial charge in [-0.3, -0.25) is 4.79 Å². The molecule has 3 rings (SSSR count). The Labute approximate surface area is 137 Å². The minimum atomic E-state index is -0.144. The number of hydrogen-bond acceptors (Lipinski definition) is 6. The highest BCUT2D eigenvalue weighted by molar-refractivity contribution is 7.15. The fraction of sp³-hybridized carbons (Fsp3) is 0.312. The van der Waals surface area contributed by atoms with Crippen LogP contribution in [0.3, 0.4) is 0 Å². The van der Waals surface area contributed by atoms with Gasteiger partial charge in [-0.2, -0.15) is 0 Å². The molecule has 7 heteroatoms. The van der Waals surface area contributed by atoms with Crippen molar-refractivity contribution in [3.8, 4) is 5.75 Å². The predicted octanol–water partition coefficient (Wildman–Crippen LogP) is 3.43. The summed E-state index contributed by atoms with van der Waals surface area (Å²) in [4.78, 5) is 12.2. The third-order valence-corrected chi connectivity index (χ3v) is 4.29. The predicted molar refractivity (Wildman–Crippen MR) is 89.0 cm³/mol. The number of nitrogens with zero attached hydrogens (tertiary/aromatic N) is 2. The zero-order valence-electron chi connectivity index (χ0n) is 13.0. The van der Waals surface area contributed by atoms with Gasteiger partial charge in [0.1, 0.15) is 16.3 Å². The van der Waals surface area contributed by atoms with E-state index in [1.54, 1.807) is 13.4 Å². The number of aromatic nitrogens is 2. The number of amides is 1. The molecule has 0 radical (unpaired) electrons. The molecular formula is C16H17N3O3S. The van der Waals surface area contributed by atoms with Crippen LogP contribution in [0.5, 0.6) is 5.75 Å². The molecule has 23 heavy (non-hydrogen) atoms. The standard InChI is InChI=1S/C16H17N3O3S/c1-3-4-15-18-19-16(23-15)17-14(20)7-10-9-22-13-6-5-11(21-2)8-12(10)13/h5-6,8-9H,3-4,7H2,1-2H3,(H,17,19,20). The fourth-order valence-electron chi connectivity index (χ4n) is 2.28. The first-order valence-electron chi connectivity index (χ1n) is 7.36. The Hall–Kier alpha value is -2.41. The zero-order valence-corrected chi connectivity index (χ0v) is 13.8. The van der Waals surface area contributed by atoms with Crippen molar-refractivity contribution >= 4 is 33.3 Å². The van der Waals surface area contributed by atoms with E-state index in [-0.39, 0.29) is 12.3 Å². The van der Waals surface area contributed by atoms with Crippen LogP contribution in [-0.4, -0.2) is 23.2 Å². The lowest BCUT2D eigenvalue weighted by Crippen LogP contribution is -2.14. The second-order valence-electron chi connectivity index (χ2n) is 5.10. The summed E-state index contributed by atoms with van der Waals surface area (Å²) in [5.74, 6) is 0.587. The molecule has 6 nitrogen and oxygen atoms in total. The Morgan fingerprint density at radius 3 is 3.04 bits per heavy atom. The van der Waals surface area contributed by atoms with Crippen LogP contribution in [0.25, 0.3) is 11.0 Å². The van der Waals surface area contributed by atoms with E-state index >= 15 is 0 Å². The van der Waals surface area contributed by atoms with Gasteiger partial charge in [-0.25, -0.2) is 0 Å². The van der Waals surface area contributed by atoms with Crippen molar-refractivity contribution < 1.29 is 13.9 Å². The summed E-state index contributed by atoms with van der Waals surface area (Å²) in [6, 6.07) is 5.52. The number of furan rings is 1. The lowest BCUT2D eigenvalue weighted by Gasteiger charge is -2.01. The first-order chi connectivity index (χ1) is 11.2. The number of fused-ring (bicyclic) bond motifs is 1. The number of ether oxygens (including phenoxy) is 1. The van der Waals surface area contributed by atoms with Crippen LogP contribution in [0, 0.1) is 0 Å². The largest absolute Gasteiger partial charge is 0.497 e. The molecule has 0 spiro atoms. The molecular weight excluding hydrogens is 314 g/mol. The zero-order chi connectivity index (χ0) is 16.2. The van der Waals surface area contributed by atoms with Crippen molar-refractivity contribution in [2.45, 2.75) is 26.2 Å². The Morgan fingerprint density at radius 2 is 2.26 bits per heavy atom. The number of carbonyl (C=O) groups is 1. The molecule has 2 heterocycles. The Bertz CT molecular complexity index is 825. The van der Waals surface area contributed by atoms with Crippen molar-refractivity contribution in [1.29, 1.82) is 0 Å². The van der Waals surface area contributed by atoms with Gasteiger partial charge in [0.15, 0.2) is 0 Å². The van der Waals surface area contributed by atoms with Crippen molar-refractivity contribution in [3.05, 3.63) is 35.0 Å².